The Labute approximate surface area is 114 Å². The van der Waals surface area contributed by atoms with Gasteiger partial charge in [-0.15, -0.1) is 0 Å². The van der Waals surface area contributed by atoms with Gasteiger partial charge >= 0.3 is 0 Å². The van der Waals surface area contributed by atoms with Crippen LogP contribution in [0.3, 0.4) is 0 Å². The molecule has 0 spiro atoms. The number of rotatable bonds is 5. The van der Waals surface area contributed by atoms with Crippen LogP contribution in [-0.4, -0.2) is 11.1 Å². The highest BCUT2D eigenvalue weighted by Gasteiger charge is 2.12. The number of aryl methyl sites for hydroxylation is 1. The highest BCUT2D eigenvalue weighted by molar-refractivity contribution is 5.41. The summed E-state index contributed by atoms with van der Waals surface area (Å²) in [4.78, 5) is 0. The maximum Gasteiger partial charge on any atom is 0.147 e. The Hall–Kier alpha value is -1.61. The van der Waals surface area contributed by atoms with E-state index >= 15 is 0 Å². The molecule has 0 radical (unpaired) electrons. The van der Waals surface area contributed by atoms with Gasteiger partial charge in [0, 0.05) is 17.9 Å². The zero-order chi connectivity index (χ0) is 13.8. The molecule has 1 aromatic heterocycles. The summed E-state index contributed by atoms with van der Waals surface area (Å²) < 4.78 is 15.9. The highest BCUT2D eigenvalue weighted by Crippen LogP contribution is 2.22. The minimum Gasteiger partial charge on any atom is -0.315 e. The number of benzene rings is 1. The second kappa shape index (κ2) is 6.02. The Morgan fingerprint density at radius 3 is 2.63 bits per heavy atom. The predicted molar refractivity (Wildman–Crippen MR) is 77.2 cm³/mol. The van der Waals surface area contributed by atoms with Gasteiger partial charge in [0.1, 0.15) is 5.82 Å². The van der Waals surface area contributed by atoms with Crippen LogP contribution in [0.25, 0.3) is 5.69 Å². The van der Waals surface area contributed by atoms with Gasteiger partial charge in [0.05, 0.1) is 5.69 Å². The molecule has 102 valence electrons. The third kappa shape index (κ3) is 2.87. The van der Waals surface area contributed by atoms with Crippen molar-refractivity contribution in [2.75, 3.05) is 6.54 Å². The van der Waals surface area contributed by atoms with E-state index in [1.165, 1.54) is 11.6 Å². The second-order valence-corrected chi connectivity index (χ2v) is 4.86. The van der Waals surface area contributed by atoms with Crippen molar-refractivity contribution >= 4 is 0 Å². The molecular formula is C16H21FN2. The van der Waals surface area contributed by atoms with Crippen molar-refractivity contribution in [1.29, 1.82) is 0 Å². The maximum atomic E-state index is 13.9. The molecule has 0 unspecified atom stereocenters. The lowest BCUT2D eigenvalue weighted by molar-refractivity contribution is 0.615. The fourth-order valence-corrected chi connectivity index (χ4v) is 2.41. The van der Waals surface area contributed by atoms with Crippen LogP contribution in [-0.2, 0) is 6.54 Å². The average molecular weight is 260 g/mol. The molecule has 2 aromatic rings. The molecule has 0 aliphatic carbocycles. The van der Waals surface area contributed by atoms with E-state index in [0.717, 1.165) is 30.9 Å². The summed E-state index contributed by atoms with van der Waals surface area (Å²) in [5.74, 6) is -0.183. The lowest BCUT2D eigenvalue weighted by atomic mass is 10.2. The number of nitrogens with one attached hydrogen (secondary N) is 1. The second-order valence-electron chi connectivity index (χ2n) is 4.86. The van der Waals surface area contributed by atoms with Gasteiger partial charge < -0.3 is 9.88 Å². The highest BCUT2D eigenvalue weighted by atomic mass is 19.1. The topological polar surface area (TPSA) is 17.0 Å². The molecule has 0 saturated heterocycles. The van der Waals surface area contributed by atoms with E-state index in [4.69, 9.17) is 0 Å². The molecule has 2 nitrogen and oxygen atoms in total. The Morgan fingerprint density at radius 1 is 1.21 bits per heavy atom. The van der Waals surface area contributed by atoms with Crippen LogP contribution in [0.1, 0.15) is 30.3 Å². The Morgan fingerprint density at radius 2 is 1.95 bits per heavy atom. The number of hydrogen-bond donors (Lipinski definition) is 1. The third-order valence-corrected chi connectivity index (χ3v) is 3.37. The smallest absolute Gasteiger partial charge is 0.147 e. The number of para-hydroxylation sites is 1. The molecule has 0 bridgehead atoms. The lowest BCUT2D eigenvalue weighted by Gasteiger charge is -2.11. The van der Waals surface area contributed by atoms with Crippen molar-refractivity contribution in [3.8, 4) is 5.69 Å². The van der Waals surface area contributed by atoms with Crippen LogP contribution >= 0.6 is 0 Å². The van der Waals surface area contributed by atoms with E-state index in [9.17, 15) is 4.39 Å². The normalized spacial score (nSPS) is 10.9. The van der Waals surface area contributed by atoms with Crippen molar-refractivity contribution in [2.24, 2.45) is 0 Å². The first-order valence-electron chi connectivity index (χ1n) is 6.78. The largest absolute Gasteiger partial charge is 0.315 e. The van der Waals surface area contributed by atoms with Gasteiger partial charge in [-0.2, -0.15) is 0 Å². The molecule has 0 fully saturated rings. The first kappa shape index (κ1) is 13.8. The predicted octanol–water partition coefficient (Wildman–Crippen LogP) is 3.73. The van der Waals surface area contributed by atoms with E-state index in [-0.39, 0.29) is 5.82 Å². The van der Waals surface area contributed by atoms with Crippen LogP contribution in [0.15, 0.2) is 30.3 Å². The summed E-state index contributed by atoms with van der Waals surface area (Å²) >= 11 is 0. The molecule has 0 atom stereocenters. The van der Waals surface area contributed by atoms with Crippen LogP contribution < -0.4 is 5.32 Å². The number of aromatic nitrogens is 1. The lowest BCUT2D eigenvalue weighted by Crippen LogP contribution is -2.14. The van der Waals surface area contributed by atoms with Crippen molar-refractivity contribution in [3.63, 3.8) is 0 Å². The molecule has 2 rings (SSSR count). The van der Waals surface area contributed by atoms with Gasteiger partial charge in [0.2, 0.25) is 0 Å². The molecule has 0 aliphatic heterocycles. The SMILES string of the molecule is CCCNCc1cc(C)n(-c2ccccc2F)c1C. The van der Waals surface area contributed by atoms with Crippen molar-refractivity contribution in [2.45, 2.75) is 33.7 Å². The summed E-state index contributed by atoms with van der Waals surface area (Å²) in [5, 5.41) is 3.39. The van der Waals surface area contributed by atoms with Gasteiger partial charge in [-0.1, -0.05) is 19.1 Å². The zero-order valence-corrected chi connectivity index (χ0v) is 11.8. The van der Waals surface area contributed by atoms with Crippen LogP contribution in [0.2, 0.25) is 0 Å². The first-order chi connectivity index (χ1) is 9.15. The molecular weight excluding hydrogens is 239 g/mol. The standard InChI is InChI=1S/C16H21FN2/c1-4-9-18-11-14-10-12(2)19(13(14)3)16-8-6-5-7-15(16)17/h5-8,10,18H,4,9,11H2,1-3H3. The zero-order valence-electron chi connectivity index (χ0n) is 11.8. The van der Waals surface area contributed by atoms with Gasteiger partial charge in [-0.3, -0.25) is 0 Å². The van der Waals surface area contributed by atoms with E-state index in [2.05, 4.69) is 18.3 Å². The van der Waals surface area contributed by atoms with Crippen LogP contribution in [0.4, 0.5) is 4.39 Å². The van der Waals surface area contributed by atoms with Gasteiger partial charge in [-0.05, 0) is 50.6 Å². The van der Waals surface area contributed by atoms with E-state index in [1.54, 1.807) is 6.07 Å². The minimum atomic E-state index is -0.183. The van der Waals surface area contributed by atoms with E-state index in [1.807, 2.05) is 30.5 Å². The molecule has 19 heavy (non-hydrogen) atoms. The fourth-order valence-electron chi connectivity index (χ4n) is 2.41. The number of nitrogens with zero attached hydrogens (tertiary/aromatic N) is 1. The quantitative estimate of drug-likeness (QED) is 0.810. The van der Waals surface area contributed by atoms with Gasteiger partial charge in [0.25, 0.3) is 0 Å². The maximum absolute atomic E-state index is 13.9. The van der Waals surface area contributed by atoms with Crippen LogP contribution in [0.5, 0.6) is 0 Å². The molecule has 1 aromatic carbocycles. The summed E-state index contributed by atoms with van der Waals surface area (Å²) in [6.07, 6.45) is 1.12. The number of hydrogen-bond acceptors (Lipinski definition) is 1. The minimum absolute atomic E-state index is 0.183. The van der Waals surface area contributed by atoms with Crippen molar-refractivity contribution in [1.82, 2.24) is 9.88 Å². The molecule has 3 heteroatoms. The Balaban J connectivity index is 2.34. The van der Waals surface area contributed by atoms with Gasteiger partial charge in [-0.25, -0.2) is 4.39 Å². The monoisotopic (exact) mass is 260 g/mol. The Kier molecular flexibility index (Phi) is 4.38. The number of halogens is 1. The first-order valence-corrected chi connectivity index (χ1v) is 6.78. The van der Waals surface area contributed by atoms with Crippen LogP contribution in [0, 0.1) is 19.7 Å². The third-order valence-electron chi connectivity index (χ3n) is 3.37. The molecule has 0 saturated carbocycles. The molecule has 0 amide bonds. The van der Waals surface area contributed by atoms with Gasteiger partial charge in [0.15, 0.2) is 0 Å². The molecule has 1 N–H and O–H groups in total. The summed E-state index contributed by atoms with van der Waals surface area (Å²) in [6, 6.07) is 9.04. The van der Waals surface area contributed by atoms with Crippen molar-refractivity contribution < 1.29 is 4.39 Å². The Bertz CT molecular complexity index is 558. The molecule has 1 heterocycles. The van der Waals surface area contributed by atoms with Crippen molar-refractivity contribution in [3.05, 3.63) is 53.1 Å². The average Bonchev–Trinajstić information content (AvgIpc) is 2.66. The summed E-state index contributed by atoms with van der Waals surface area (Å²) in [5.41, 5.74) is 4.02. The summed E-state index contributed by atoms with van der Waals surface area (Å²) in [7, 11) is 0. The van der Waals surface area contributed by atoms with E-state index in [0.29, 0.717) is 5.69 Å². The van der Waals surface area contributed by atoms with E-state index < -0.39 is 0 Å². The fraction of sp³-hybridized carbons (Fsp3) is 0.375. The molecule has 0 aliphatic rings. The summed E-state index contributed by atoms with van der Waals surface area (Å²) in [6.45, 7) is 8.05.